The van der Waals surface area contributed by atoms with Crippen LogP contribution in [0.4, 0.5) is 0 Å². The van der Waals surface area contributed by atoms with Crippen LogP contribution in [0.15, 0.2) is 12.1 Å². The molecule has 0 aromatic heterocycles. The summed E-state index contributed by atoms with van der Waals surface area (Å²) in [5.41, 5.74) is 8.84. The first-order chi connectivity index (χ1) is 9.04. The molecule has 0 bridgehead atoms. The van der Waals surface area contributed by atoms with Gasteiger partial charge < -0.3 is 10.5 Å². The smallest absolute Gasteiger partial charge is 0.166 e. The molecule has 0 aliphatic heterocycles. The van der Waals surface area contributed by atoms with Crippen molar-refractivity contribution in [3.05, 3.63) is 28.8 Å². The Labute approximate surface area is 115 Å². The summed E-state index contributed by atoms with van der Waals surface area (Å²) in [5, 5.41) is 0. The number of ether oxygens (including phenoxy) is 1. The van der Waals surface area contributed by atoms with E-state index >= 15 is 0 Å². The van der Waals surface area contributed by atoms with Crippen LogP contribution in [-0.2, 0) is 0 Å². The number of hydrogen-bond donors (Lipinski definition) is 1. The lowest BCUT2D eigenvalue weighted by Crippen LogP contribution is -2.30. The molecular formula is C16H23NO2. The Morgan fingerprint density at radius 3 is 2.37 bits per heavy atom. The molecule has 1 fully saturated rings. The van der Waals surface area contributed by atoms with Gasteiger partial charge in [-0.2, -0.15) is 0 Å². The zero-order valence-electron chi connectivity index (χ0n) is 12.0. The number of rotatable bonds is 3. The van der Waals surface area contributed by atoms with Crippen LogP contribution in [0.1, 0.15) is 47.2 Å². The zero-order valence-corrected chi connectivity index (χ0v) is 12.0. The Morgan fingerprint density at radius 2 is 1.79 bits per heavy atom. The Bertz CT molecular complexity index is 474. The third kappa shape index (κ3) is 2.81. The van der Waals surface area contributed by atoms with Crippen LogP contribution in [0.2, 0.25) is 0 Å². The second kappa shape index (κ2) is 5.74. The van der Waals surface area contributed by atoms with Gasteiger partial charge in [-0.15, -0.1) is 0 Å². The number of hydrogen-bond acceptors (Lipinski definition) is 3. The largest absolute Gasteiger partial charge is 0.496 e. The number of carbonyl (C=O) groups excluding carboxylic acids is 1. The standard InChI is InChI=1S/C16H23NO2/c1-10-11(2)15(19-3)9-8-14(10)16(18)12-4-6-13(17)7-5-12/h8-9,12-13H,4-7,17H2,1-3H3. The molecule has 3 nitrogen and oxygen atoms in total. The SMILES string of the molecule is COc1ccc(C(=O)C2CCC(N)CC2)c(C)c1C. The van der Waals surface area contributed by atoms with E-state index in [9.17, 15) is 4.79 Å². The molecule has 1 aromatic carbocycles. The summed E-state index contributed by atoms with van der Waals surface area (Å²) in [6.07, 6.45) is 3.77. The highest BCUT2D eigenvalue weighted by Gasteiger charge is 2.26. The fraction of sp³-hybridized carbons (Fsp3) is 0.562. The molecule has 3 heteroatoms. The Balaban J connectivity index is 2.22. The fourth-order valence-electron chi connectivity index (χ4n) is 2.89. The summed E-state index contributed by atoms with van der Waals surface area (Å²) < 4.78 is 5.29. The minimum Gasteiger partial charge on any atom is -0.496 e. The van der Waals surface area contributed by atoms with Crippen LogP contribution in [0, 0.1) is 19.8 Å². The number of methoxy groups -OCH3 is 1. The van der Waals surface area contributed by atoms with Gasteiger partial charge in [-0.05, 0) is 62.8 Å². The van der Waals surface area contributed by atoms with Crippen molar-refractivity contribution in [2.45, 2.75) is 45.6 Å². The molecule has 2 rings (SSSR count). The van der Waals surface area contributed by atoms with Gasteiger partial charge in [0.2, 0.25) is 0 Å². The molecule has 1 saturated carbocycles. The maximum Gasteiger partial charge on any atom is 0.166 e. The van der Waals surface area contributed by atoms with Crippen molar-refractivity contribution in [2.75, 3.05) is 7.11 Å². The van der Waals surface area contributed by atoms with Gasteiger partial charge in [0.1, 0.15) is 5.75 Å². The van der Waals surface area contributed by atoms with E-state index in [4.69, 9.17) is 10.5 Å². The highest BCUT2D eigenvalue weighted by Crippen LogP contribution is 2.30. The number of nitrogens with two attached hydrogens (primary N) is 1. The molecule has 1 aromatic rings. The second-order valence-electron chi connectivity index (χ2n) is 5.54. The van der Waals surface area contributed by atoms with Crippen molar-refractivity contribution in [2.24, 2.45) is 11.7 Å². The second-order valence-corrected chi connectivity index (χ2v) is 5.54. The monoisotopic (exact) mass is 261 g/mol. The number of ketones is 1. The van der Waals surface area contributed by atoms with Crippen molar-refractivity contribution in [3.8, 4) is 5.75 Å². The molecule has 104 valence electrons. The van der Waals surface area contributed by atoms with Crippen molar-refractivity contribution >= 4 is 5.78 Å². The number of carbonyl (C=O) groups is 1. The molecule has 1 aliphatic carbocycles. The van der Waals surface area contributed by atoms with E-state index in [-0.39, 0.29) is 17.7 Å². The molecule has 0 amide bonds. The normalized spacial score (nSPS) is 23.2. The van der Waals surface area contributed by atoms with Gasteiger partial charge in [-0.25, -0.2) is 0 Å². The van der Waals surface area contributed by atoms with E-state index in [0.29, 0.717) is 0 Å². The third-order valence-electron chi connectivity index (χ3n) is 4.37. The minimum absolute atomic E-state index is 0.145. The summed E-state index contributed by atoms with van der Waals surface area (Å²) in [6.45, 7) is 4.00. The quantitative estimate of drug-likeness (QED) is 0.851. The lowest BCUT2D eigenvalue weighted by atomic mass is 9.80. The van der Waals surface area contributed by atoms with E-state index in [2.05, 4.69) is 0 Å². The first-order valence-corrected chi connectivity index (χ1v) is 6.98. The lowest BCUT2D eigenvalue weighted by Gasteiger charge is -2.25. The predicted molar refractivity (Wildman–Crippen MR) is 76.7 cm³/mol. The van der Waals surface area contributed by atoms with Crippen LogP contribution in [0.3, 0.4) is 0 Å². The minimum atomic E-state index is 0.145. The molecule has 2 N–H and O–H groups in total. The van der Waals surface area contributed by atoms with Gasteiger partial charge in [0, 0.05) is 17.5 Å². The average molecular weight is 261 g/mol. The molecule has 0 atom stereocenters. The van der Waals surface area contributed by atoms with E-state index < -0.39 is 0 Å². The molecule has 0 saturated heterocycles. The Hall–Kier alpha value is -1.35. The van der Waals surface area contributed by atoms with Crippen LogP contribution >= 0.6 is 0 Å². The van der Waals surface area contributed by atoms with Gasteiger partial charge in [0.15, 0.2) is 5.78 Å². The van der Waals surface area contributed by atoms with Crippen molar-refractivity contribution in [1.29, 1.82) is 0 Å². The summed E-state index contributed by atoms with van der Waals surface area (Å²) in [5.74, 6) is 1.26. The highest BCUT2D eigenvalue weighted by atomic mass is 16.5. The topological polar surface area (TPSA) is 52.3 Å². The van der Waals surface area contributed by atoms with Gasteiger partial charge in [-0.1, -0.05) is 0 Å². The van der Waals surface area contributed by atoms with Crippen LogP contribution in [0.5, 0.6) is 5.75 Å². The summed E-state index contributed by atoms with van der Waals surface area (Å²) in [4.78, 5) is 12.6. The molecule has 0 spiro atoms. The maximum absolute atomic E-state index is 12.6. The summed E-state index contributed by atoms with van der Waals surface area (Å²) in [6, 6.07) is 4.07. The van der Waals surface area contributed by atoms with E-state index in [1.807, 2.05) is 26.0 Å². The highest BCUT2D eigenvalue weighted by molar-refractivity contribution is 5.99. The Kier molecular flexibility index (Phi) is 4.25. The van der Waals surface area contributed by atoms with Gasteiger partial charge in [-0.3, -0.25) is 4.79 Å². The molecule has 1 aliphatic rings. The zero-order chi connectivity index (χ0) is 14.0. The van der Waals surface area contributed by atoms with Crippen molar-refractivity contribution < 1.29 is 9.53 Å². The lowest BCUT2D eigenvalue weighted by molar-refractivity contribution is 0.0884. The molecule has 19 heavy (non-hydrogen) atoms. The molecule has 0 heterocycles. The van der Waals surface area contributed by atoms with Crippen LogP contribution in [-0.4, -0.2) is 18.9 Å². The third-order valence-corrected chi connectivity index (χ3v) is 4.37. The van der Waals surface area contributed by atoms with Gasteiger partial charge in [0.05, 0.1) is 7.11 Å². The molecule has 0 unspecified atom stereocenters. The van der Waals surface area contributed by atoms with Crippen molar-refractivity contribution in [3.63, 3.8) is 0 Å². The van der Waals surface area contributed by atoms with E-state index in [0.717, 1.165) is 48.1 Å². The van der Waals surface area contributed by atoms with Gasteiger partial charge >= 0.3 is 0 Å². The Morgan fingerprint density at radius 1 is 1.16 bits per heavy atom. The maximum atomic E-state index is 12.6. The molecule has 0 radical (unpaired) electrons. The van der Waals surface area contributed by atoms with E-state index in [1.165, 1.54) is 0 Å². The summed E-state index contributed by atoms with van der Waals surface area (Å²) in [7, 11) is 1.66. The first-order valence-electron chi connectivity index (χ1n) is 6.98. The molecular weight excluding hydrogens is 238 g/mol. The number of Topliss-reactive ketones (excluding diaryl/α,β-unsaturated/α-hetero) is 1. The van der Waals surface area contributed by atoms with Gasteiger partial charge in [0.25, 0.3) is 0 Å². The summed E-state index contributed by atoms with van der Waals surface area (Å²) >= 11 is 0. The van der Waals surface area contributed by atoms with Crippen LogP contribution in [0.25, 0.3) is 0 Å². The predicted octanol–water partition coefficient (Wildman–Crippen LogP) is 3.01. The fourth-order valence-corrected chi connectivity index (χ4v) is 2.89. The van der Waals surface area contributed by atoms with Crippen LogP contribution < -0.4 is 10.5 Å². The van der Waals surface area contributed by atoms with Crippen molar-refractivity contribution in [1.82, 2.24) is 0 Å². The average Bonchev–Trinajstić information content (AvgIpc) is 2.42. The number of benzene rings is 1. The van der Waals surface area contributed by atoms with E-state index in [1.54, 1.807) is 7.11 Å². The first kappa shape index (κ1) is 14.1.